The molecular weight excluding hydrogens is 414 g/mol. The van der Waals surface area contributed by atoms with Gasteiger partial charge in [0.05, 0.1) is 12.8 Å². The first-order valence-electron chi connectivity index (χ1n) is 11.7. The highest BCUT2D eigenvalue weighted by Gasteiger charge is 2.30. The Bertz CT molecular complexity index is 1130. The molecule has 3 heterocycles. The maximum Gasteiger partial charge on any atom is 0.259 e. The molecule has 0 saturated carbocycles. The van der Waals surface area contributed by atoms with Crippen LogP contribution in [-0.2, 0) is 6.42 Å². The van der Waals surface area contributed by atoms with E-state index in [-0.39, 0.29) is 11.8 Å². The molecule has 1 aliphatic rings. The van der Waals surface area contributed by atoms with Crippen molar-refractivity contribution in [3.63, 3.8) is 0 Å². The number of likely N-dealkylation sites (tertiary alicyclic amines) is 1. The summed E-state index contributed by atoms with van der Waals surface area (Å²) in [6, 6.07) is 12.6. The Balaban J connectivity index is 1.45. The Labute approximate surface area is 196 Å². The number of piperidine rings is 1. The van der Waals surface area contributed by atoms with Crippen LogP contribution >= 0.6 is 0 Å². The van der Waals surface area contributed by atoms with Gasteiger partial charge in [0.1, 0.15) is 17.1 Å². The van der Waals surface area contributed by atoms with Gasteiger partial charge in [-0.3, -0.25) is 9.78 Å². The van der Waals surface area contributed by atoms with Crippen LogP contribution in [0.4, 0.5) is 0 Å². The third kappa shape index (κ3) is 5.10. The number of carbonyl (C=O) groups is 1. The Hall–Kier alpha value is -3.15. The summed E-state index contributed by atoms with van der Waals surface area (Å²) in [5.74, 6) is 2.02. The monoisotopic (exact) mass is 447 g/mol. The molecule has 6 heteroatoms. The van der Waals surface area contributed by atoms with Gasteiger partial charge in [-0.05, 0) is 74.4 Å². The first-order chi connectivity index (χ1) is 15.9. The summed E-state index contributed by atoms with van der Waals surface area (Å²) in [6.45, 7) is 9.37. The molecular formula is C27H33N3O3. The molecule has 174 valence electrons. The Kier molecular flexibility index (Phi) is 6.82. The second-order valence-corrected chi connectivity index (χ2v) is 9.29. The highest BCUT2D eigenvalue weighted by Crippen LogP contribution is 2.31. The normalized spacial score (nSPS) is 14.7. The molecule has 33 heavy (non-hydrogen) atoms. The van der Waals surface area contributed by atoms with E-state index in [9.17, 15) is 4.79 Å². The van der Waals surface area contributed by atoms with Crippen molar-refractivity contribution in [2.24, 2.45) is 0 Å². The van der Waals surface area contributed by atoms with Gasteiger partial charge in [0.2, 0.25) is 0 Å². The van der Waals surface area contributed by atoms with Crippen LogP contribution in [0.1, 0.15) is 82.9 Å². The van der Waals surface area contributed by atoms with Crippen molar-refractivity contribution in [3.8, 4) is 5.75 Å². The lowest BCUT2D eigenvalue weighted by Crippen LogP contribution is -2.38. The molecule has 2 aromatic heterocycles. The number of amides is 1. The molecule has 6 nitrogen and oxygen atoms in total. The number of ether oxygens (including phenoxy) is 1. The maximum absolute atomic E-state index is 13.2. The highest BCUT2D eigenvalue weighted by molar-refractivity contribution is 5.96. The van der Waals surface area contributed by atoms with Gasteiger partial charge in [0.15, 0.2) is 0 Å². The van der Waals surface area contributed by atoms with E-state index in [1.807, 2.05) is 37.8 Å². The minimum absolute atomic E-state index is 0.0341. The van der Waals surface area contributed by atoms with E-state index in [0.717, 1.165) is 42.1 Å². The van der Waals surface area contributed by atoms with Crippen molar-refractivity contribution in [1.82, 2.24) is 15.0 Å². The van der Waals surface area contributed by atoms with E-state index in [4.69, 9.17) is 14.2 Å². The summed E-state index contributed by atoms with van der Waals surface area (Å²) in [6.07, 6.45) is 2.65. The lowest BCUT2D eigenvalue weighted by molar-refractivity contribution is 0.0709. The molecule has 0 spiro atoms. The number of methoxy groups -OCH3 is 1. The van der Waals surface area contributed by atoms with Crippen LogP contribution in [0.15, 0.2) is 40.9 Å². The quantitative estimate of drug-likeness (QED) is 0.504. The van der Waals surface area contributed by atoms with Crippen molar-refractivity contribution in [1.29, 1.82) is 0 Å². The Morgan fingerprint density at radius 2 is 1.91 bits per heavy atom. The van der Waals surface area contributed by atoms with Crippen LogP contribution in [-0.4, -0.2) is 41.1 Å². The fourth-order valence-electron chi connectivity index (χ4n) is 4.68. The summed E-state index contributed by atoms with van der Waals surface area (Å²) in [5, 5.41) is 4.12. The fourth-order valence-corrected chi connectivity index (χ4v) is 4.68. The second-order valence-electron chi connectivity index (χ2n) is 9.29. The zero-order chi connectivity index (χ0) is 23.5. The largest absolute Gasteiger partial charge is 0.497 e. The van der Waals surface area contributed by atoms with Gasteiger partial charge in [0, 0.05) is 30.4 Å². The van der Waals surface area contributed by atoms with Crippen LogP contribution in [0.5, 0.6) is 5.75 Å². The number of carbonyl (C=O) groups excluding carboxylic acids is 1. The van der Waals surface area contributed by atoms with Gasteiger partial charge >= 0.3 is 0 Å². The Morgan fingerprint density at radius 1 is 1.15 bits per heavy atom. The van der Waals surface area contributed by atoms with E-state index in [2.05, 4.69) is 36.3 Å². The standard InChI is InChI=1S/C27H33N3O3/c1-17(2)26-25(19(4)33-29-26)27(31)30-11-9-22(10-12-30)24-16-21(13-18(3)28-24)14-20-7-6-8-23(15-20)32-5/h6-8,13,15-17,22H,9-12,14H2,1-5H3. The predicted molar refractivity (Wildman–Crippen MR) is 128 cm³/mol. The van der Waals surface area contributed by atoms with Gasteiger partial charge in [0.25, 0.3) is 5.91 Å². The Morgan fingerprint density at radius 3 is 2.61 bits per heavy atom. The third-order valence-electron chi connectivity index (χ3n) is 6.43. The van der Waals surface area contributed by atoms with Crippen molar-refractivity contribution >= 4 is 5.91 Å². The van der Waals surface area contributed by atoms with Crippen LogP contribution in [0.3, 0.4) is 0 Å². The number of nitrogens with zero attached hydrogens (tertiary/aromatic N) is 3. The number of rotatable bonds is 6. The number of aromatic nitrogens is 2. The smallest absolute Gasteiger partial charge is 0.259 e. The average Bonchev–Trinajstić information content (AvgIpc) is 3.20. The van der Waals surface area contributed by atoms with Crippen molar-refractivity contribution < 1.29 is 14.1 Å². The van der Waals surface area contributed by atoms with E-state index in [1.54, 1.807) is 7.11 Å². The van der Waals surface area contributed by atoms with Crippen LogP contribution in [0, 0.1) is 13.8 Å². The molecule has 1 fully saturated rings. The molecule has 0 bridgehead atoms. The lowest BCUT2D eigenvalue weighted by Gasteiger charge is -2.32. The molecule has 0 radical (unpaired) electrons. The number of hydrogen-bond donors (Lipinski definition) is 0. The summed E-state index contributed by atoms with van der Waals surface area (Å²) in [4.78, 5) is 20.0. The molecule has 4 rings (SSSR count). The van der Waals surface area contributed by atoms with E-state index < -0.39 is 0 Å². The number of pyridine rings is 1. The van der Waals surface area contributed by atoms with Crippen LogP contribution < -0.4 is 4.74 Å². The third-order valence-corrected chi connectivity index (χ3v) is 6.43. The molecule has 1 aromatic carbocycles. The van der Waals surface area contributed by atoms with Crippen LogP contribution in [0.25, 0.3) is 0 Å². The first kappa shape index (κ1) is 23.0. The molecule has 0 unspecified atom stereocenters. The number of benzene rings is 1. The van der Waals surface area contributed by atoms with E-state index in [1.165, 1.54) is 11.1 Å². The molecule has 0 N–H and O–H groups in total. The molecule has 1 amide bonds. The maximum atomic E-state index is 13.2. The van der Waals surface area contributed by atoms with Gasteiger partial charge in [-0.15, -0.1) is 0 Å². The van der Waals surface area contributed by atoms with Gasteiger partial charge in [-0.1, -0.05) is 31.1 Å². The topological polar surface area (TPSA) is 68.5 Å². The van der Waals surface area contributed by atoms with Gasteiger partial charge < -0.3 is 14.2 Å². The first-order valence-corrected chi connectivity index (χ1v) is 11.7. The van der Waals surface area contributed by atoms with Gasteiger partial charge in [-0.25, -0.2) is 0 Å². The summed E-state index contributed by atoms with van der Waals surface area (Å²) in [7, 11) is 1.69. The highest BCUT2D eigenvalue weighted by atomic mass is 16.5. The van der Waals surface area contributed by atoms with Gasteiger partial charge in [-0.2, -0.15) is 0 Å². The lowest BCUT2D eigenvalue weighted by atomic mass is 9.90. The molecule has 0 aliphatic carbocycles. The molecule has 3 aromatic rings. The average molecular weight is 448 g/mol. The fraction of sp³-hybridized carbons (Fsp3) is 0.444. The SMILES string of the molecule is COc1cccc(Cc2cc(C)nc(C3CCN(C(=O)c4c(C(C)C)noc4C)CC3)c2)c1. The molecule has 1 aliphatic heterocycles. The predicted octanol–water partition coefficient (Wildman–Crippen LogP) is 5.43. The minimum atomic E-state index is 0.0341. The van der Waals surface area contributed by atoms with E-state index >= 15 is 0 Å². The number of aryl methyl sites for hydroxylation is 2. The summed E-state index contributed by atoms with van der Waals surface area (Å²) in [5.41, 5.74) is 6.02. The second kappa shape index (κ2) is 9.77. The van der Waals surface area contributed by atoms with Crippen molar-refractivity contribution in [3.05, 3.63) is 75.9 Å². The molecule has 0 atom stereocenters. The van der Waals surface area contributed by atoms with Crippen molar-refractivity contribution in [2.75, 3.05) is 20.2 Å². The van der Waals surface area contributed by atoms with Crippen molar-refractivity contribution in [2.45, 2.75) is 58.8 Å². The minimum Gasteiger partial charge on any atom is -0.497 e. The summed E-state index contributed by atoms with van der Waals surface area (Å²) >= 11 is 0. The van der Waals surface area contributed by atoms with E-state index in [0.29, 0.717) is 30.3 Å². The molecule has 1 saturated heterocycles. The number of hydrogen-bond acceptors (Lipinski definition) is 5. The van der Waals surface area contributed by atoms with Crippen LogP contribution in [0.2, 0.25) is 0 Å². The zero-order valence-electron chi connectivity index (χ0n) is 20.2. The zero-order valence-corrected chi connectivity index (χ0v) is 20.2. The summed E-state index contributed by atoms with van der Waals surface area (Å²) < 4.78 is 10.7.